The fraction of sp³-hybridized carbons (Fsp3) is 0.381. The van der Waals surface area contributed by atoms with Crippen LogP contribution in [-0.4, -0.2) is 20.4 Å². The quantitative estimate of drug-likeness (QED) is 0.675. The topological polar surface area (TPSA) is 75.3 Å². The van der Waals surface area contributed by atoms with Crippen LogP contribution in [0.25, 0.3) is 0 Å². The van der Waals surface area contributed by atoms with Gasteiger partial charge in [0.2, 0.25) is 0 Å². The van der Waals surface area contributed by atoms with Crippen LogP contribution in [0.4, 0.5) is 5.69 Å². The van der Waals surface area contributed by atoms with Gasteiger partial charge in [0.15, 0.2) is 0 Å². The molecule has 0 heterocycles. The van der Waals surface area contributed by atoms with Crippen molar-refractivity contribution in [1.29, 1.82) is 0 Å². The molecule has 28 heavy (non-hydrogen) atoms. The van der Waals surface area contributed by atoms with Crippen LogP contribution in [0.15, 0.2) is 47.4 Å². The van der Waals surface area contributed by atoms with Crippen LogP contribution in [0.2, 0.25) is 5.02 Å². The summed E-state index contributed by atoms with van der Waals surface area (Å²) in [5.74, 6) is -0.268. The van der Waals surface area contributed by atoms with Crippen molar-refractivity contribution in [3.8, 4) is 0 Å². The second-order valence-electron chi connectivity index (χ2n) is 7.28. The van der Waals surface area contributed by atoms with E-state index in [1.54, 1.807) is 24.3 Å². The number of halogens is 1. The Morgan fingerprint density at radius 3 is 2.43 bits per heavy atom. The van der Waals surface area contributed by atoms with Crippen LogP contribution in [0, 0.1) is 6.92 Å². The van der Waals surface area contributed by atoms with Crippen molar-refractivity contribution in [3.05, 3.63) is 58.6 Å². The molecule has 0 spiro atoms. The highest BCUT2D eigenvalue weighted by Crippen LogP contribution is 2.26. The van der Waals surface area contributed by atoms with Gasteiger partial charge in [0.25, 0.3) is 15.9 Å². The Bertz CT molecular complexity index is 952. The molecule has 0 aromatic heterocycles. The van der Waals surface area contributed by atoms with Crippen molar-refractivity contribution < 1.29 is 13.2 Å². The molecule has 5 nitrogen and oxygen atoms in total. The maximum Gasteiger partial charge on any atom is 0.263 e. The zero-order chi connectivity index (χ0) is 20.1. The highest BCUT2D eigenvalue weighted by Gasteiger charge is 2.22. The van der Waals surface area contributed by atoms with E-state index in [0.717, 1.165) is 31.2 Å². The van der Waals surface area contributed by atoms with Gasteiger partial charge in [0.05, 0.1) is 5.02 Å². The zero-order valence-corrected chi connectivity index (χ0v) is 17.4. The Morgan fingerprint density at radius 1 is 1.04 bits per heavy atom. The smallest absolute Gasteiger partial charge is 0.263 e. The number of aryl methyl sites for hydroxylation is 1. The minimum atomic E-state index is -3.92. The molecule has 1 fully saturated rings. The van der Waals surface area contributed by atoms with Crippen molar-refractivity contribution in [3.63, 3.8) is 0 Å². The maximum atomic E-state index is 12.8. The molecule has 0 saturated heterocycles. The van der Waals surface area contributed by atoms with Crippen molar-refractivity contribution in [2.75, 3.05) is 4.72 Å². The number of nitrogens with one attached hydrogen (secondary N) is 2. The molecule has 1 amide bonds. The van der Waals surface area contributed by atoms with Crippen LogP contribution in [0.1, 0.15) is 54.4 Å². The lowest BCUT2D eigenvalue weighted by Gasteiger charge is -2.17. The first-order chi connectivity index (χ1) is 13.3. The molecule has 0 radical (unpaired) electrons. The molecule has 1 saturated carbocycles. The third-order valence-electron chi connectivity index (χ3n) is 4.94. The lowest BCUT2D eigenvalue weighted by Crippen LogP contribution is -2.34. The van der Waals surface area contributed by atoms with E-state index < -0.39 is 10.0 Å². The largest absolute Gasteiger partial charge is 0.349 e. The van der Waals surface area contributed by atoms with E-state index in [1.807, 2.05) is 13.0 Å². The minimum Gasteiger partial charge on any atom is -0.349 e. The summed E-state index contributed by atoms with van der Waals surface area (Å²) in [4.78, 5) is 12.5. The van der Waals surface area contributed by atoms with E-state index in [1.165, 1.54) is 25.0 Å². The minimum absolute atomic E-state index is 0.0752. The van der Waals surface area contributed by atoms with E-state index in [2.05, 4.69) is 10.0 Å². The van der Waals surface area contributed by atoms with Crippen molar-refractivity contribution in [2.24, 2.45) is 0 Å². The van der Waals surface area contributed by atoms with E-state index in [0.29, 0.717) is 11.3 Å². The molecule has 2 aromatic carbocycles. The lowest BCUT2D eigenvalue weighted by molar-refractivity contribution is 0.0933. The van der Waals surface area contributed by atoms with E-state index in [-0.39, 0.29) is 21.9 Å². The van der Waals surface area contributed by atoms with Crippen LogP contribution in [-0.2, 0) is 10.0 Å². The highest BCUT2D eigenvalue weighted by molar-refractivity contribution is 7.92. The van der Waals surface area contributed by atoms with Gasteiger partial charge in [-0.25, -0.2) is 8.42 Å². The Morgan fingerprint density at radius 2 is 1.75 bits per heavy atom. The Labute approximate surface area is 171 Å². The predicted octanol–water partition coefficient (Wildman–Crippen LogP) is 4.90. The summed E-state index contributed by atoms with van der Waals surface area (Å²) in [6.45, 7) is 1.88. The number of hydrogen-bond donors (Lipinski definition) is 2. The molecule has 0 aliphatic heterocycles. The number of carbonyl (C=O) groups is 1. The fourth-order valence-corrected chi connectivity index (χ4v) is 5.04. The number of amides is 1. The summed E-state index contributed by atoms with van der Waals surface area (Å²) in [5, 5.41) is 3.11. The third-order valence-corrected chi connectivity index (χ3v) is 6.81. The first-order valence-electron chi connectivity index (χ1n) is 9.55. The lowest BCUT2D eigenvalue weighted by atomic mass is 10.1. The summed E-state index contributed by atoms with van der Waals surface area (Å²) in [5.41, 5.74) is 1.67. The van der Waals surface area contributed by atoms with Crippen molar-refractivity contribution in [2.45, 2.75) is 56.4 Å². The van der Waals surface area contributed by atoms with Gasteiger partial charge in [-0.15, -0.1) is 0 Å². The van der Waals surface area contributed by atoms with Gasteiger partial charge in [-0.1, -0.05) is 49.4 Å². The summed E-state index contributed by atoms with van der Waals surface area (Å²) in [7, 11) is -3.92. The Kier molecular flexibility index (Phi) is 6.62. The summed E-state index contributed by atoms with van der Waals surface area (Å²) >= 11 is 6.15. The number of hydrogen-bond acceptors (Lipinski definition) is 3. The maximum absolute atomic E-state index is 12.8. The average molecular weight is 421 g/mol. The molecule has 150 valence electrons. The zero-order valence-electron chi connectivity index (χ0n) is 15.9. The molecule has 0 unspecified atom stereocenters. The Balaban J connectivity index is 1.81. The Hall–Kier alpha value is -2.05. The van der Waals surface area contributed by atoms with Crippen molar-refractivity contribution >= 4 is 33.2 Å². The number of carbonyl (C=O) groups excluding carboxylic acids is 1. The molecule has 0 atom stereocenters. The van der Waals surface area contributed by atoms with Crippen molar-refractivity contribution in [1.82, 2.24) is 5.32 Å². The van der Waals surface area contributed by atoms with E-state index >= 15 is 0 Å². The predicted molar refractivity (Wildman–Crippen MR) is 112 cm³/mol. The first-order valence-corrected chi connectivity index (χ1v) is 11.4. The highest BCUT2D eigenvalue weighted by atomic mass is 35.5. The van der Waals surface area contributed by atoms with Gasteiger partial charge in [-0.3, -0.25) is 9.52 Å². The van der Waals surface area contributed by atoms with Crippen LogP contribution in [0.5, 0.6) is 0 Å². The SMILES string of the molecule is Cc1cccc(NS(=O)(=O)c2cc(C(=O)NC3CCCCCC3)ccc2Cl)c1. The van der Waals surface area contributed by atoms with Crippen LogP contribution >= 0.6 is 11.6 Å². The first kappa shape index (κ1) is 20.7. The number of benzene rings is 2. The molecule has 0 bridgehead atoms. The summed E-state index contributed by atoms with van der Waals surface area (Å²) < 4.78 is 28.2. The molecular weight excluding hydrogens is 396 g/mol. The molecule has 1 aliphatic rings. The standard InChI is InChI=1S/C21H25ClN2O3S/c1-15-7-6-10-18(13-15)24-28(26,27)20-14-16(11-12-19(20)22)21(25)23-17-8-4-2-3-5-9-17/h6-7,10-14,17,24H,2-5,8-9H2,1H3,(H,23,25). The van der Waals surface area contributed by atoms with Gasteiger partial charge in [0, 0.05) is 17.3 Å². The second-order valence-corrected chi connectivity index (χ2v) is 9.34. The third kappa shape index (κ3) is 5.26. The summed E-state index contributed by atoms with van der Waals surface area (Å²) in [6, 6.07) is 11.5. The monoisotopic (exact) mass is 420 g/mol. The van der Waals surface area contributed by atoms with Gasteiger partial charge in [-0.2, -0.15) is 0 Å². The van der Waals surface area contributed by atoms with Gasteiger partial charge >= 0.3 is 0 Å². The number of sulfonamides is 1. The molecule has 3 rings (SSSR count). The normalized spacial score (nSPS) is 15.6. The number of rotatable bonds is 5. The molecule has 1 aliphatic carbocycles. The van der Waals surface area contributed by atoms with Crippen LogP contribution < -0.4 is 10.0 Å². The average Bonchev–Trinajstić information content (AvgIpc) is 2.90. The van der Waals surface area contributed by atoms with Gasteiger partial charge in [0.1, 0.15) is 4.90 Å². The fourth-order valence-electron chi connectivity index (χ4n) is 3.46. The second kappa shape index (κ2) is 8.97. The molecular formula is C21H25ClN2O3S. The molecule has 7 heteroatoms. The van der Waals surface area contributed by atoms with Crippen LogP contribution in [0.3, 0.4) is 0 Å². The number of anilines is 1. The van der Waals surface area contributed by atoms with Gasteiger partial charge < -0.3 is 5.32 Å². The molecule has 2 aromatic rings. The molecule has 2 N–H and O–H groups in total. The van der Waals surface area contributed by atoms with E-state index in [9.17, 15) is 13.2 Å². The van der Waals surface area contributed by atoms with Gasteiger partial charge in [-0.05, 0) is 55.7 Å². The van der Waals surface area contributed by atoms with E-state index in [4.69, 9.17) is 11.6 Å². The summed E-state index contributed by atoms with van der Waals surface area (Å²) in [6.07, 6.45) is 6.51.